The fourth-order valence-corrected chi connectivity index (χ4v) is 4.56. The van der Waals surface area contributed by atoms with E-state index in [1.807, 2.05) is 0 Å². The van der Waals surface area contributed by atoms with Crippen molar-refractivity contribution in [1.29, 1.82) is 0 Å². The fraction of sp³-hybridized carbons (Fsp3) is 0.278. The highest BCUT2D eigenvalue weighted by Gasteiger charge is 2.26. The molecular formula is C18H16Cl2N2O4S. The van der Waals surface area contributed by atoms with E-state index in [1.165, 1.54) is 11.3 Å². The molecule has 2 amide bonds. The second-order valence-electron chi connectivity index (χ2n) is 6.06. The van der Waals surface area contributed by atoms with Crippen LogP contribution in [0.25, 0.3) is 0 Å². The van der Waals surface area contributed by atoms with Gasteiger partial charge in [0.25, 0.3) is 11.8 Å². The number of benzene rings is 1. The van der Waals surface area contributed by atoms with E-state index in [4.69, 9.17) is 33.7 Å². The quantitative estimate of drug-likeness (QED) is 0.691. The topological polar surface area (TPSA) is 98.5 Å². The van der Waals surface area contributed by atoms with Crippen molar-refractivity contribution in [3.63, 3.8) is 0 Å². The molecule has 27 heavy (non-hydrogen) atoms. The monoisotopic (exact) mass is 426 g/mol. The number of carbonyl (C=O) groups excluding carboxylic acids is 3. The number of nitrogens with one attached hydrogen (secondary N) is 1. The van der Waals surface area contributed by atoms with Crippen molar-refractivity contribution in [1.82, 2.24) is 0 Å². The molecule has 0 spiro atoms. The number of primary amides is 1. The molecule has 3 rings (SSSR count). The Bertz CT molecular complexity index is 926. The van der Waals surface area contributed by atoms with Crippen LogP contribution >= 0.6 is 34.5 Å². The molecule has 0 aliphatic heterocycles. The molecule has 1 heterocycles. The van der Waals surface area contributed by atoms with Crippen LogP contribution in [0.5, 0.6) is 0 Å². The molecule has 1 aliphatic carbocycles. The number of esters is 1. The van der Waals surface area contributed by atoms with Gasteiger partial charge in [-0.05, 0) is 42.5 Å². The second kappa shape index (κ2) is 8.29. The van der Waals surface area contributed by atoms with Gasteiger partial charge in [-0.25, -0.2) is 0 Å². The number of anilines is 1. The first-order valence-corrected chi connectivity index (χ1v) is 9.76. The van der Waals surface area contributed by atoms with Gasteiger partial charge in [-0.2, -0.15) is 0 Å². The lowest BCUT2D eigenvalue weighted by Crippen LogP contribution is -2.23. The maximum absolute atomic E-state index is 12.1. The molecular weight excluding hydrogens is 411 g/mol. The first-order chi connectivity index (χ1) is 12.8. The maximum Gasteiger partial charge on any atom is 0.310 e. The zero-order valence-corrected chi connectivity index (χ0v) is 16.5. The molecule has 0 radical (unpaired) electrons. The van der Waals surface area contributed by atoms with Gasteiger partial charge in [-0.15, -0.1) is 11.3 Å². The fourth-order valence-electron chi connectivity index (χ4n) is 2.93. The van der Waals surface area contributed by atoms with Crippen molar-refractivity contribution in [2.75, 3.05) is 11.9 Å². The molecule has 2 aromatic rings. The Hall–Kier alpha value is -2.09. The number of thiophene rings is 1. The van der Waals surface area contributed by atoms with Gasteiger partial charge >= 0.3 is 5.97 Å². The number of fused-ring (bicyclic) bond motifs is 1. The third-order valence-electron chi connectivity index (χ3n) is 4.12. The van der Waals surface area contributed by atoms with Crippen LogP contribution in [0.15, 0.2) is 18.2 Å². The third kappa shape index (κ3) is 4.61. The Labute approximate surface area is 169 Å². The van der Waals surface area contributed by atoms with E-state index in [9.17, 15) is 14.4 Å². The Balaban J connectivity index is 1.56. The Morgan fingerprint density at radius 3 is 2.67 bits per heavy atom. The van der Waals surface area contributed by atoms with Gasteiger partial charge in [-0.3, -0.25) is 14.4 Å². The molecule has 6 nitrogen and oxygen atoms in total. The lowest BCUT2D eigenvalue weighted by Gasteiger charge is -2.07. The molecule has 0 fully saturated rings. The van der Waals surface area contributed by atoms with Crippen molar-refractivity contribution >= 4 is 57.3 Å². The van der Waals surface area contributed by atoms with Crippen molar-refractivity contribution < 1.29 is 19.1 Å². The number of carbonyl (C=O) groups is 3. The number of amides is 2. The SMILES string of the molecule is NC(=O)c1c(NC(=O)COC(=O)Cc2ccc(Cl)c(Cl)c2)sc2c1CCC2. The zero-order chi connectivity index (χ0) is 19.6. The van der Waals surface area contributed by atoms with E-state index < -0.39 is 24.4 Å². The molecule has 3 N–H and O–H groups in total. The lowest BCUT2D eigenvalue weighted by atomic mass is 10.1. The summed E-state index contributed by atoms with van der Waals surface area (Å²) in [6, 6.07) is 4.81. The van der Waals surface area contributed by atoms with Crippen LogP contribution < -0.4 is 11.1 Å². The maximum atomic E-state index is 12.1. The number of hydrogen-bond acceptors (Lipinski definition) is 5. The predicted octanol–water partition coefficient (Wildman–Crippen LogP) is 3.37. The Kier molecular flexibility index (Phi) is 6.04. The smallest absolute Gasteiger partial charge is 0.310 e. The summed E-state index contributed by atoms with van der Waals surface area (Å²) >= 11 is 13.1. The van der Waals surface area contributed by atoms with Crippen LogP contribution in [0, 0.1) is 0 Å². The minimum Gasteiger partial charge on any atom is -0.455 e. The van der Waals surface area contributed by atoms with Crippen LogP contribution in [-0.4, -0.2) is 24.4 Å². The summed E-state index contributed by atoms with van der Waals surface area (Å²) in [5.41, 5.74) is 7.36. The Morgan fingerprint density at radius 1 is 1.19 bits per heavy atom. The minimum absolute atomic E-state index is 0.0377. The largest absolute Gasteiger partial charge is 0.455 e. The van der Waals surface area contributed by atoms with Gasteiger partial charge in [0.1, 0.15) is 5.00 Å². The van der Waals surface area contributed by atoms with Gasteiger partial charge in [-0.1, -0.05) is 29.3 Å². The standard InChI is InChI=1S/C18H16Cl2N2O4S/c19-11-5-4-9(6-12(11)20)7-15(24)26-8-14(23)22-18-16(17(21)25)10-2-1-3-13(10)27-18/h4-6H,1-3,7-8H2,(H2,21,25)(H,22,23). The van der Waals surface area contributed by atoms with Gasteiger partial charge in [0.15, 0.2) is 6.61 Å². The minimum atomic E-state index is -0.577. The van der Waals surface area contributed by atoms with Gasteiger partial charge in [0, 0.05) is 4.88 Å². The summed E-state index contributed by atoms with van der Waals surface area (Å²) in [5, 5.41) is 3.76. The van der Waals surface area contributed by atoms with Gasteiger partial charge < -0.3 is 15.8 Å². The first-order valence-electron chi connectivity index (χ1n) is 8.19. The van der Waals surface area contributed by atoms with E-state index in [1.54, 1.807) is 18.2 Å². The zero-order valence-electron chi connectivity index (χ0n) is 14.1. The number of nitrogens with two attached hydrogens (primary N) is 1. The normalized spacial score (nSPS) is 12.5. The van der Waals surface area contributed by atoms with Crippen LogP contribution in [0.4, 0.5) is 5.00 Å². The molecule has 0 atom stereocenters. The number of hydrogen-bond donors (Lipinski definition) is 2. The van der Waals surface area contributed by atoms with Crippen molar-refractivity contribution in [2.45, 2.75) is 25.7 Å². The third-order valence-corrected chi connectivity index (χ3v) is 6.06. The number of ether oxygens (including phenoxy) is 1. The summed E-state index contributed by atoms with van der Waals surface area (Å²) in [4.78, 5) is 36.8. The highest BCUT2D eigenvalue weighted by atomic mass is 35.5. The van der Waals surface area contributed by atoms with Gasteiger partial charge in [0.05, 0.1) is 22.0 Å². The first kappa shape index (κ1) is 19.7. The van der Waals surface area contributed by atoms with Gasteiger partial charge in [0.2, 0.25) is 0 Å². The van der Waals surface area contributed by atoms with Crippen molar-refractivity contribution in [3.8, 4) is 0 Å². The van der Waals surface area contributed by atoms with E-state index in [2.05, 4.69) is 5.32 Å². The summed E-state index contributed by atoms with van der Waals surface area (Å²) in [7, 11) is 0. The lowest BCUT2D eigenvalue weighted by molar-refractivity contribution is -0.146. The Morgan fingerprint density at radius 2 is 1.96 bits per heavy atom. The highest BCUT2D eigenvalue weighted by Crippen LogP contribution is 2.38. The second-order valence-corrected chi connectivity index (χ2v) is 7.98. The van der Waals surface area contributed by atoms with Crippen LogP contribution in [0.1, 0.15) is 32.8 Å². The van der Waals surface area contributed by atoms with Crippen LogP contribution in [0.3, 0.4) is 0 Å². The summed E-state index contributed by atoms with van der Waals surface area (Å²) in [6.45, 7) is -0.457. The van der Waals surface area contributed by atoms with Crippen molar-refractivity contribution in [3.05, 3.63) is 49.8 Å². The van der Waals surface area contributed by atoms with Crippen LogP contribution in [-0.2, 0) is 33.6 Å². The summed E-state index contributed by atoms with van der Waals surface area (Å²) in [6.07, 6.45) is 2.58. The molecule has 0 unspecified atom stereocenters. The molecule has 1 aromatic heterocycles. The molecule has 0 bridgehead atoms. The van der Waals surface area contributed by atoms with E-state index in [0.717, 1.165) is 29.7 Å². The van der Waals surface area contributed by atoms with Crippen molar-refractivity contribution in [2.24, 2.45) is 5.73 Å². The van der Waals surface area contributed by atoms with E-state index >= 15 is 0 Å². The molecule has 142 valence electrons. The highest BCUT2D eigenvalue weighted by molar-refractivity contribution is 7.17. The molecule has 0 saturated carbocycles. The average molecular weight is 427 g/mol. The molecule has 9 heteroatoms. The van der Waals surface area contributed by atoms with E-state index in [-0.39, 0.29) is 6.42 Å². The summed E-state index contributed by atoms with van der Waals surface area (Å²) in [5.74, 6) is -1.67. The van der Waals surface area contributed by atoms with Crippen LogP contribution in [0.2, 0.25) is 10.0 Å². The molecule has 0 saturated heterocycles. The molecule has 1 aromatic carbocycles. The number of aryl methyl sites for hydroxylation is 1. The molecule has 1 aliphatic rings. The summed E-state index contributed by atoms with van der Waals surface area (Å²) < 4.78 is 4.99. The number of halogens is 2. The number of rotatable bonds is 6. The average Bonchev–Trinajstić information content (AvgIpc) is 3.16. The predicted molar refractivity (Wildman–Crippen MR) is 105 cm³/mol. The van der Waals surface area contributed by atoms with E-state index in [0.29, 0.717) is 26.2 Å².